The van der Waals surface area contributed by atoms with Gasteiger partial charge in [0.2, 0.25) is 0 Å². The van der Waals surface area contributed by atoms with E-state index in [1.54, 1.807) is 0 Å². The van der Waals surface area contributed by atoms with E-state index >= 15 is 0 Å². The predicted molar refractivity (Wildman–Crippen MR) is 68.4 cm³/mol. The SMILES string of the molecule is CCCNC(=O)N[C@@H](Cc1ccccc1)C(=O)O. The van der Waals surface area contributed by atoms with Crippen LogP contribution in [0, 0.1) is 0 Å². The molecule has 0 aliphatic rings. The first-order chi connectivity index (χ1) is 8.63. The number of rotatable bonds is 6. The van der Waals surface area contributed by atoms with Gasteiger partial charge in [-0.15, -0.1) is 0 Å². The maximum Gasteiger partial charge on any atom is 0.326 e. The Morgan fingerprint density at radius 3 is 2.50 bits per heavy atom. The predicted octanol–water partition coefficient (Wildman–Crippen LogP) is 1.39. The number of carboxylic acids is 1. The zero-order chi connectivity index (χ0) is 13.4. The summed E-state index contributed by atoms with van der Waals surface area (Å²) in [5.74, 6) is -1.04. The molecule has 1 aromatic carbocycles. The Kier molecular flexibility index (Phi) is 5.70. The molecule has 2 amide bonds. The molecule has 0 heterocycles. The van der Waals surface area contributed by atoms with Crippen molar-refractivity contribution >= 4 is 12.0 Å². The molecule has 0 bridgehead atoms. The van der Waals surface area contributed by atoms with Crippen molar-refractivity contribution in [2.45, 2.75) is 25.8 Å². The molecular formula is C13H18N2O3. The van der Waals surface area contributed by atoms with Crippen molar-refractivity contribution in [3.05, 3.63) is 35.9 Å². The molecule has 3 N–H and O–H groups in total. The molecule has 1 atom stereocenters. The number of nitrogens with one attached hydrogen (secondary N) is 2. The summed E-state index contributed by atoms with van der Waals surface area (Å²) in [6.45, 7) is 2.46. The van der Waals surface area contributed by atoms with Gasteiger partial charge in [-0.2, -0.15) is 0 Å². The maximum atomic E-state index is 11.4. The third-order valence-electron chi connectivity index (χ3n) is 2.42. The lowest BCUT2D eigenvalue weighted by atomic mass is 10.1. The number of hydrogen-bond acceptors (Lipinski definition) is 2. The minimum absolute atomic E-state index is 0.274. The molecule has 1 rings (SSSR count). The molecule has 18 heavy (non-hydrogen) atoms. The van der Waals surface area contributed by atoms with Gasteiger partial charge in [-0.25, -0.2) is 9.59 Å². The Hall–Kier alpha value is -2.04. The summed E-state index contributed by atoms with van der Waals surface area (Å²) < 4.78 is 0. The second kappa shape index (κ2) is 7.32. The third kappa shape index (κ3) is 4.86. The number of amides is 2. The van der Waals surface area contributed by atoms with E-state index in [9.17, 15) is 9.59 Å². The average Bonchev–Trinajstić information content (AvgIpc) is 2.36. The van der Waals surface area contributed by atoms with Gasteiger partial charge in [-0.3, -0.25) is 0 Å². The molecule has 0 saturated heterocycles. The summed E-state index contributed by atoms with van der Waals surface area (Å²) in [6.07, 6.45) is 1.08. The van der Waals surface area contributed by atoms with E-state index in [0.29, 0.717) is 6.54 Å². The molecule has 0 spiro atoms. The molecule has 0 unspecified atom stereocenters. The summed E-state index contributed by atoms with van der Waals surface area (Å²) in [4.78, 5) is 22.5. The van der Waals surface area contributed by atoms with E-state index in [1.807, 2.05) is 37.3 Å². The second-order valence-electron chi connectivity index (χ2n) is 3.98. The van der Waals surface area contributed by atoms with Gasteiger partial charge in [0.25, 0.3) is 0 Å². The Morgan fingerprint density at radius 2 is 1.94 bits per heavy atom. The van der Waals surface area contributed by atoms with Crippen molar-refractivity contribution in [1.82, 2.24) is 10.6 Å². The third-order valence-corrected chi connectivity index (χ3v) is 2.42. The van der Waals surface area contributed by atoms with E-state index in [1.165, 1.54) is 0 Å². The zero-order valence-corrected chi connectivity index (χ0v) is 10.3. The Bertz CT molecular complexity index is 392. The van der Waals surface area contributed by atoms with E-state index in [0.717, 1.165) is 12.0 Å². The largest absolute Gasteiger partial charge is 0.480 e. The van der Waals surface area contributed by atoms with Crippen molar-refractivity contribution in [3.8, 4) is 0 Å². The number of urea groups is 1. The average molecular weight is 250 g/mol. The second-order valence-corrected chi connectivity index (χ2v) is 3.98. The van der Waals surface area contributed by atoms with Crippen LogP contribution in [0.3, 0.4) is 0 Å². The van der Waals surface area contributed by atoms with Crippen LogP contribution in [0.1, 0.15) is 18.9 Å². The van der Waals surface area contributed by atoms with E-state index in [4.69, 9.17) is 5.11 Å². The minimum Gasteiger partial charge on any atom is -0.480 e. The van der Waals surface area contributed by atoms with Gasteiger partial charge >= 0.3 is 12.0 Å². The first kappa shape index (κ1) is 14.0. The molecule has 5 nitrogen and oxygen atoms in total. The van der Waals surface area contributed by atoms with Gasteiger partial charge in [0.15, 0.2) is 0 Å². The van der Waals surface area contributed by atoms with E-state index in [2.05, 4.69) is 10.6 Å². The number of aliphatic carboxylic acids is 1. The Morgan fingerprint density at radius 1 is 1.28 bits per heavy atom. The fourth-order valence-corrected chi connectivity index (χ4v) is 1.50. The minimum atomic E-state index is -1.04. The quantitative estimate of drug-likeness (QED) is 0.714. The molecule has 0 fully saturated rings. The van der Waals surface area contributed by atoms with Gasteiger partial charge in [0.1, 0.15) is 6.04 Å². The highest BCUT2D eigenvalue weighted by molar-refractivity contribution is 5.82. The first-order valence-corrected chi connectivity index (χ1v) is 5.94. The van der Waals surface area contributed by atoms with Gasteiger partial charge in [-0.1, -0.05) is 37.3 Å². The molecule has 1 aromatic rings. The van der Waals surface area contributed by atoms with E-state index in [-0.39, 0.29) is 6.42 Å². The number of carbonyl (C=O) groups excluding carboxylic acids is 1. The van der Waals surface area contributed by atoms with Crippen molar-refractivity contribution in [2.24, 2.45) is 0 Å². The maximum absolute atomic E-state index is 11.4. The zero-order valence-electron chi connectivity index (χ0n) is 10.3. The molecule has 0 aromatic heterocycles. The lowest BCUT2D eigenvalue weighted by Gasteiger charge is -2.15. The fourth-order valence-electron chi connectivity index (χ4n) is 1.50. The Balaban J connectivity index is 2.55. The van der Waals surface area contributed by atoms with Crippen LogP contribution in [0.15, 0.2) is 30.3 Å². The molecular weight excluding hydrogens is 232 g/mol. The number of hydrogen-bond donors (Lipinski definition) is 3. The van der Waals surface area contributed by atoms with Crippen molar-refractivity contribution in [3.63, 3.8) is 0 Å². The highest BCUT2D eigenvalue weighted by Gasteiger charge is 2.19. The van der Waals surface area contributed by atoms with Crippen LogP contribution in [-0.2, 0) is 11.2 Å². The lowest BCUT2D eigenvalue weighted by molar-refractivity contribution is -0.139. The fraction of sp³-hybridized carbons (Fsp3) is 0.385. The summed E-state index contributed by atoms with van der Waals surface area (Å²) >= 11 is 0. The van der Waals surface area contributed by atoms with Gasteiger partial charge < -0.3 is 15.7 Å². The summed E-state index contributed by atoms with van der Waals surface area (Å²) in [5.41, 5.74) is 0.876. The van der Waals surface area contributed by atoms with E-state index < -0.39 is 18.0 Å². The van der Waals surface area contributed by atoms with Crippen molar-refractivity contribution in [1.29, 1.82) is 0 Å². The van der Waals surface area contributed by atoms with Crippen LogP contribution in [0.2, 0.25) is 0 Å². The smallest absolute Gasteiger partial charge is 0.326 e. The highest BCUT2D eigenvalue weighted by atomic mass is 16.4. The van der Waals surface area contributed by atoms with Crippen LogP contribution >= 0.6 is 0 Å². The van der Waals surface area contributed by atoms with Crippen LogP contribution in [0.25, 0.3) is 0 Å². The number of carboxylic acid groups (broad SMARTS) is 1. The topological polar surface area (TPSA) is 78.4 Å². The van der Waals surface area contributed by atoms with Gasteiger partial charge in [-0.05, 0) is 12.0 Å². The number of benzene rings is 1. The van der Waals surface area contributed by atoms with Crippen LogP contribution < -0.4 is 10.6 Å². The van der Waals surface area contributed by atoms with Gasteiger partial charge in [0.05, 0.1) is 0 Å². The van der Waals surface area contributed by atoms with Crippen LogP contribution in [0.5, 0.6) is 0 Å². The van der Waals surface area contributed by atoms with Crippen molar-refractivity contribution < 1.29 is 14.7 Å². The van der Waals surface area contributed by atoms with Crippen LogP contribution in [-0.4, -0.2) is 29.7 Å². The molecule has 0 saturated carbocycles. The first-order valence-electron chi connectivity index (χ1n) is 5.94. The molecule has 98 valence electrons. The van der Waals surface area contributed by atoms with Crippen molar-refractivity contribution in [2.75, 3.05) is 6.54 Å². The standard InChI is InChI=1S/C13H18N2O3/c1-2-8-14-13(18)15-11(12(16)17)9-10-6-4-3-5-7-10/h3-7,11H,2,8-9H2,1H3,(H,16,17)(H2,14,15,18)/t11-/m0/s1. The lowest BCUT2D eigenvalue weighted by Crippen LogP contribution is -2.47. The summed E-state index contributed by atoms with van der Waals surface area (Å²) in [6, 6.07) is 7.85. The highest BCUT2D eigenvalue weighted by Crippen LogP contribution is 2.03. The van der Waals surface area contributed by atoms with Gasteiger partial charge in [0, 0.05) is 13.0 Å². The monoisotopic (exact) mass is 250 g/mol. The molecule has 0 aliphatic carbocycles. The molecule has 5 heteroatoms. The van der Waals surface area contributed by atoms with Crippen LogP contribution in [0.4, 0.5) is 4.79 Å². The summed E-state index contributed by atoms with van der Waals surface area (Å²) in [7, 11) is 0. The normalized spacial score (nSPS) is 11.6. The summed E-state index contributed by atoms with van der Waals surface area (Å²) in [5, 5.41) is 14.1. The molecule has 0 radical (unpaired) electrons. The Labute approximate surface area is 106 Å². The number of carbonyl (C=O) groups is 2. The molecule has 0 aliphatic heterocycles.